The zero-order chi connectivity index (χ0) is 23.8. The van der Waals surface area contributed by atoms with Crippen LogP contribution in [-0.4, -0.2) is 14.3 Å². The molecule has 0 spiro atoms. The number of nitrogens with one attached hydrogen (secondary N) is 1. The number of rotatable bonds is 7. The Balaban J connectivity index is 1.79. The maximum atomic E-state index is 13.7. The molecular formula is C29H26N2O2S. The molecule has 0 atom stereocenters. The second-order valence-electron chi connectivity index (χ2n) is 7.88. The molecule has 0 aliphatic rings. The van der Waals surface area contributed by atoms with E-state index in [0.29, 0.717) is 12.4 Å². The van der Waals surface area contributed by atoms with Gasteiger partial charge in [0.2, 0.25) is 9.84 Å². The van der Waals surface area contributed by atoms with Gasteiger partial charge in [-0.3, -0.25) is 4.99 Å². The van der Waals surface area contributed by atoms with E-state index in [2.05, 4.69) is 5.32 Å². The minimum Gasteiger partial charge on any atom is -0.330 e. The number of nitrogens with zero attached hydrogens (tertiary/aromatic N) is 1. The number of hydrogen-bond donors (Lipinski definition) is 1. The van der Waals surface area contributed by atoms with E-state index in [1.54, 1.807) is 30.3 Å². The van der Waals surface area contributed by atoms with Crippen molar-refractivity contribution in [3.63, 3.8) is 0 Å². The van der Waals surface area contributed by atoms with Gasteiger partial charge in [-0.05, 0) is 36.3 Å². The van der Waals surface area contributed by atoms with Crippen LogP contribution in [0.15, 0.2) is 130 Å². The Morgan fingerprint density at radius 1 is 0.765 bits per heavy atom. The third-order valence-corrected chi connectivity index (χ3v) is 6.96. The molecule has 0 unspecified atom stereocenters. The highest BCUT2D eigenvalue weighted by Gasteiger charge is 2.23. The highest BCUT2D eigenvalue weighted by molar-refractivity contribution is 7.95. The van der Waals surface area contributed by atoms with Crippen LogP contribution in [0.5, 0.6) is 0 Å². The molecule has 170 valence electrons. The quantitative estimate of drug-likeness (QED) is 0.268. The van der Waals surface area contributed by atoms with Crippen LogP contribution >= 0.6 is 0 Å². The summed E-state index contributed by atoms with van der Waals surface area (Å²) < 4.78 is 27.4. The second kappa shape index (κ2) is 10.8. The average Bonchev–Trinajstić information content (AvgIpc) is 2.88. The minimum absolute atomic E-state index is 0.0678. The van der Waals surface area contributed by atoms with E-state index in [-0.39, 0.29) is 9.92 Å². The van der Waals surface area contributed by atoms with Crippen molar-refractivity contribution in [2.75, 3.05) is 0 Å². The van der Waals surface area contributed by atoms with Crippen LogP contribution in [0.25, 0.3) is 6.08 Å². The molecule has 0 aliphatic heterocycles. The van der Waals surface area contributed by atoms with Gasteiger partial charge in [0.1, 0.15) is 10.9 Å². The van der Waals surface area contributed by atoms with Gasteiger partial charge in [0.05, 0.1) is 11.4 Å². The summed E-state index contributed by atoms with van der Waals surface area (Å²) in [5, 5.41) is 3.23. The molecule has 0 amide bonds. The fraction of sp³-hybridized carbons (Fsp3) is 0.0690. The lowest BCUT2D eigenvalue weighted by Crippen LogP contribution is -2.28. The zero-order valence-electron chi connectivity index (χ0n) is 18.9. The van der Waals surface area contributed by atoms with Crippen molar-refractivity contribution in [3.05, 3.63) is 143 Å². The van der Waals surface area contributed by atoms with Crippen LogP contribution in [0.1, 0.15) is 22.3 Å². The van der Waals surface area contributed by atoms with Gasteiger partial charge in [-0.15, -0.1) is 0 Å². The number of amidine groups is 1. The third kappa shape index (κ3) is 5.88. The van der Waals surface area contributed by atoms with E-state index in [1.165, 1.54) is 0 Å². The first-order valence-electron chi connectivity index (χ1n) is 11.0. The molecule has 0 aliphatic carbocycles. The van der Waals surface area contributed by atoms with Gasteiger partial charge in [-0.25, -0.2) is 8.42 Å². The van der Waals surface area contributed by atoms with Crippen molar-refractivity contribution in [1.82, 2.24) is 5.32 Å². The van der Waals surface area contributed by atoms with Gasteiger partial charge in [0, 0.05) is 5.56 Å². The Hall–Kier alpha value is -3.96. The summed E-state index contributed by atoms with van der Waals surface area (Å²) in [7, 11) is -3.83. The first-order chi connectivity index (χ1) is 16.5. The van der Waals surface area contributed by atoms with Crippen molar-refractivity contribution in [2.45, 2.75) is 18.4 Å². The van der Waals surface area contributed by atoms with Crippen molar-refractivity contribution >= 4 is 21.7 Å². The lowest BCUT2D eigenvalue weighted by Gasteiger charge is -2.15. The molecule has 0 aromatic heterocycles. The van der Waals surface area contributed by atoms with Gasteiger partial charge in [0.15, 0.2) is 0 Å². The standard InChI is InChI=1S/C29H26N2O2S/c1-23-17-19-27(20-18-23)34(32,33)28(21-24-11-5-2-6-12-24)31-29(26-15-9-4-10-16-26)30-22-25-13-7-3-8-14-25/h2-21H,22H2,1H3,(H,30,31). The van der Waals surface area contributed by atoms with E-state index < -0.39 is 9.84 Å². The lowest BCUT2D eigenvalue weighted by molar-refractivity contribution is 0.600. The summed E-state index contributed by atoms with van der Waals surface area (Å²) in [6.07, 6.45) is 1.65. The third-order valence-electron chi connectivity index (χ3n) is 5.27. The van der Waals surface area contributed by atoms with Gasteiger partial charge >= 0.3 is 0 Å². The van der Waals surface area contributed by atoms with Crippen LogP contribution in [-0.2, 0) is 16.4 Å². The fourth-order valence-corrected chi connectivity index (χ4v) is 4.67. The highest BCUT2D eigenvalue weighted by Crippen LogP contribution is 2.21. The van der Waals surface area contributed by atoms with Crippen LogP contribution in [0.2, 0.25) is 0 Å². The summed E-state index contributed by atoms with van der Waals surface area (Å²) in [6, 6.07) is 35.7. The molecule has 4 nitrogen and oxygen atoms in total. The van der Waals surface area contributed by atoms with Crippen molar-refractivity contribution in [1.29, 1.82) is 0 Å². The predicted octanol–water partition coefficient (Wildman–Crippen LogP) is 6.00. The molecule has 0 bridgehead atoms. The van der Waals surface area contributed by atoms with Gasteiger partial charge in [0.25, 0.3) is 0 Å². The van der Waals surface area contributed by atoms with Crippen molar-refractivity contribution in [3.8, 4) is 0 Å². The van der Waals surface area contributed by atoms with Crippen LogP contribution in [0, 0.1) is 6.92 Å². The first kappa shape index (κ1) is 23.2. The minimum atomic E-state index is -3.83. The molecule has 0 heterocycles. The summed E-state index contributed by atoms with van der Waals surface area (Å²) in [5.74, 6) is 0.488. The summed E-state index contributed by atoms with van der Waals surface area (Å²) in [4.78, 5) is 4.99. The molecule has 4 rings (SSSR count). The number of benzene rings is 4. The molecule has 0 saturated heterocycles. The Bertz CT molecular complexity index is 1380. The monoisotopic (exact) mass is 466 g/mol. The topological polar surface area (TPSA) is 58.5 Å². The highest BCUT2D eigenvalue weighted by atomic mass is 32.2. The van der Waals surface area contributed by atoms with E-state index >= 15 is 0 Å². The van der Waals surface area contributed by atoms with E-state index in [1.807, 2.05) is 97.9 Å². The molecule has 0 radical (unpaired) electrons. The Morgan fingerprint density at radius 2 is 1.32 bits per heavy atom. The number of sulfone groups is 1. The SMILES string of the molecule is Cc1ccc(S(=O)(=O)C(=Cc2ccccc2)NC(=NCc2ccccc2)c2ccccc2)cc1. The van der Waals surface area contributed by atoms with Crippen LogP contribution in [0.4, 0.5) is 0 Å². The second-order valence-corrected chi connectivity index (χ2v) is 9.80. The van der Waals surface area contributed by atoms with Gasteiger partial charge in [-0.2, -0.15) is 0 Å². The van der Waals surface area contributed by atoms with E-state index in [4.69, 9.17) is 4.99 Å². The molecule has 34 heavy (non-hydrogen) atoms. The Labute approximate surface area is 201 Å². The number of aliphatic imine (C=N–C) groups is 1. The molecule has 1 N–H and O–H groups in total. The lowest BCUT2D eigenvalue weighted by atomic mass is 10.2. The van der Waals surface area contributed by atoms with Crippen molar-refractivity contribution < 1.29 is 8.42 Å². The summed E-state index contributed by atoms with van der Waals surface area (Å²) in [5.41, 5.74) is 3.61. The molecule has 5 heteroatoms. The zero-order valence-corrected chi connectivity index (χ0v) is 19.7. The number of aryl methyl sites for hydroxylation is 1. The molecule has 0 fully saturated rings. The van der Waals surface area contributed by atoms with Crippen LogP contribution < -0.4 is 5.32 Å². The normalized spacial score (nSPS) is 12.4. The average molecular weight is 467 g/mol. The number of hydrogen-bond acceptors (Lipinski definition) is 3. The maximum Gasteiger partial charge on any atom is 0.221 e. The first-order valence-corrected chi connectivity index (χ1v) is 12.5. The van der Waals surface area contributed by atoms with E-state index in [0.717, 1.165) is 22.3 Å². The van der Waals surface area contributed by atoms with Gasteiger partial charge < -0.3 is 5.32 Å². The predicted molar refractivity (Wildman–Crippen MR) is 139 cm³/mol. The Kier molecular flexibility index (Phi) is 7.35. The summed E-state index contributed by atoms with van der Waals surface area (Å²) in [6.45, 7) is 2.35. The fourth-order valence-electron chi connectivity index (χ4n) is 3.40. The van der Waals surface area contributed by atoms with Crippen molar-refractivity contribution in [2.24, 2.45) is 4.99 Å². The largest absolute Gasteiger partial charge is 0.330 e. The molecular weight excluding hydrogens is 440 g/mol. The maximum absolute atomic E-state index is 13.7. The smallest absolute Gasteiger partial charge is 0.221 e. The van der Waals surface area contributed by atoms with E-state index in [9.17, 15) is 8.42 Å². The molecule has 0 saturated carbocycles. The van der Waals surface area contributed by atoms with Crippen LogP contribution in [0.3, 0.4) is 0 Å². The Morgan fingerprint density at radius 3 is 1.94 bits per heavy atom. The molecule has 4 aromatic carbocycles. The van der Waals surface area contributed by atoms with Gasteiger partial charge in [-0.1, -0.05) is 109 Å². The molecule has 4 aromatic rings. The summed E-state index contributed by atoms with van der Waals surface area (Å²) >= 11 is 0.